The zero-order valence-corrected chi connectivity index (χ0v) is 12.2. The molecule has 2 heterocycles. The summed E-state index contributed by atoms with van der Waals surface area (Å²) in [5, 5.41) is 3.33. The number of pyridine rings is 1. The molecule has 1 aromatic heterocycles. The van der Waals surface area contributed by atoms with Gasteiger partial charge in [-0.25, -0.2) is 0 Å². The zero-order valence-electron chi connectivity index (χ0n) is 12.2. The molecule has 1 atom stereocenters. The van der Waals surface area contributed by atoms with Gasteiger partial charge < -0.3 is 14.6 Å². The summed E-state index contributed by atoms with van der Waals surface area (Å²) in [5.41, 5.74) is 2.13. The minimum absolute atomic E-state index is 0.199. The first-order valence-electron chi connectivity index (χ1n) is 7.07. The molecular formula is C16H18N2O3. The summed E-state index contributed by atoms with van der Waals surface area (Å²) < 4.78 is 6.94. The van der Waals surface area contributed by atoms with Crippen LogP contribution in [-0.4, -0.2) is 30.7 Å². The van der Waals surface area contributed by atoms with E-state index in [9.17, 15) is 9.59 Å². The Kier molecular flexibility index (Phi) is 3.51. The van der Waals surface area contributed by atoms with Crippen LogP contribution in [0.1, 0.15) is 28.9 Å². The Morgan fingerprint density at radius 3 is 3.05 bits per heavy atom. The molecule has 0 aliphatic carbocycles. The second-order valence-electron chi connectivity index (χ2n) is 5.39. The lowest BCUT2D eigenvalue weighted by molar-refractivity contribution is 0.0935. The van der Waals surface area contributed by atoms with Crippen LogP contribution in [-0.2, 0) is 11.2 Å². The van der Waals surface area contributed by atoms with Crippen molar-refractivity contribution in [1.29, 1.82) is 0 Å². The quantitative estimate of drug-likeness (QED) is 0.866. The Morgan fingerprint density at radius 2 is 2.29 bits per heavy atom. The standard InChI is InChI=1S/C16H18N2O3/c1-10-8-11-4-3-5-12-14(11)18(10)9-13(15(12)19)16(20)17-6-7-21-2/h3-5,9-10H,6-8H2,1-2H3,(H,17,20)/t10-/m0/s1. The third kappa shape index (κ3) is 2.23. The van der Waals surface area contributed by atoms with E-state index in [0.717, 1.165) is 11.9 Å². The highest BCUT2D eigenvalue weighted by Gasteiger charge is 2.24. The van der Waals surface area contributed by atoms with Gasteiger partial charge in [0, 0.05) is 31.3 Å². The Morgan fingerprint density at radius 1 is 1.48 bits per heavy atom. The summed E-state index contributed by atoms with van der Waals surface area (Å²) >= 11 is 0. The van der Waals surface area contributed by atoms with Gasteiger partial charge in [-0.3, -0.25) is 9.59 Å². The molecule has 0 fully saturated rings. The van der Waals surface area contributed by atoms with Crippen molar-refractivity contribution >= 4 is 16.8 Å². The van der Waals surface area contributed by atoms with Crippen molar-refractivity contribution in [1.82, 2.24) is 9.88 Å². The van der Waals surface area contributed by atoms with E-state index >= 15 is 0 Å². The molecule has 1 N–H and O–H groups in total. The Labute approximate surface area is 122 Å². The van der Waals surface area contributed by atoms with E-state index in [2.05, 4.69) is 12.2 Å². The summed E-state index contributed by atoms with van der Waals surface area (Å²) in [5.74, 6) is -0.341. The van der Waals surface area contributed by atoms with Gasteiger partial charge in [0.15, 0.2) is 0 Å². The number of hydrogen-bond donors (Lipinski definition) is 1. The van der Waals surface area contributed by atoms with Crippen LogP contribution in [0.25, 0.3) is 10.9 Å². The van der Waals surface area contributed by atoms with Gasteiger partial charge in [0.1, 0.15) is 5.56 Å². The minimum atomic E-state index is -0.341. The number of hydrogen-bond acceptors (Lipinski definition) is 3. The maximum atomic E-state index is 12.5. The number of ether oxygens (including phenoxy) is 1. The Bertz CT molecular complexity index is 764. The number of amides is 1. The smallest absolute Gasteiger partial charge is 0.256 e. The van der Waals surface area contributed by atoms with E-state index < -0.39 is 0 Å². The molecule has 3 rings (SSSR count). The highest BCUT2D eigenvalue weighted by Crippen LogP contribution is 2.30. The third-order valence-corrected chi connectivity index (χ3v) is 3.96. The van der Waals surface area contributed by atoms with Crippen molar-refractivity contribution < 1.29 is 9.53 Å². The van der Waals surface area contributed by atoms with E-state index in [1.54, 1.807) is 19.4 Å². The maximum absolute atomic E-state index is 12.5. The van der Waals surface area contributed by atoms with Gasteiger partial charge in [-0.15, -0.1) is 0 Å². The number of rotatable bonds is 4. The van der Waals surface area contributed by atoms with Crippen LogP contribution in [0.2, 0.25) is 0 Å². The van der Waals surface area contributed by atoms with Crippen molar-refractivity contribution in [3.05, 3.63) is 45.7 Å². The molecule has 110 valence electrons. The first kappa shape index (κ1) is 13.8. The third-order valence-electron chi connectivity index (χ3n) is 3.96. The molecular weight excluding hydrogens is 268 g/mol. The summed E-state index contributed by atoms with van der Waals surface area (Å²) in [7, 11) is 1.57. The van der Waals surface area contributed by atoms with Crippen LogP contribution in [0, 0.1) is 0 Å². The topological polar surface area (TPSA) is 60.3 Å². The second kappa shape index (κ2) is 5.33. The van der Waals surface area contributed by atoms with Crippen molar-refractivity contribution in [2.45, 2.75) is 19.4 Å². The number of nitrogens with zero attached hydrogens (tertiary/aromatic N) is 1. The molecule has 5 heteroatoms. The maximum Gasteiger partial charge on any atom is 0.256 e. The van der Waals surface area contributed by atoms with Crippen LogP contribution in [0.5, 0.6) is 0 Å². The lowest BCUT2D eigenvalue weighted by atomic mass is 10.1. The summed E-state index contributed by atoms with van der Waals surface area (Å²) in [6.45, 7) is 2.91. The molecule has 0 bridgehead atoms. The molecule has 21 heavy (non-hydrogen) atoms. The Balaban J connectivity index is 2.09. The number of methoxy groups -OCH3 is 1. The first-order valence-corrected chi connectivity index (χ1v) is 7.07. The molecule has 0 unspecified atom stereocenters. The first-order chi connectivity index (χ1) is 10.1. The second-order valence-corrected chi connectivity index (χ2v) is 5.39. The predicted octanol–water partition coefficient (Wildman–Crippen LogP) is 1.49. The van der Waals surface area contributed by atoms with Gasteiger partial charge in [0.2, 0.25) is 5.43 Å². The Hall–Kier alpha value is -2.14. The van der Waals surface area contributed by atoms with Gasteiger partial charge >= 0.3 is 0 Å². The number of aromatic nitrogens is 1. The number of carbonyl (C=O) groups is 1. The van der Waals surface area contributed by atoms with Crippen molar-refractivity contribution in [2.75, 3.05) is 20.3 Å². The van der Waals surface area contributed by atoms with Crippen LogP contribution < -0.4 is 10.7 Å². The largest absolute Gasteiger partial charge is 0.383 e. The monoisotopic (exact) mass is 286 g/mol. The molecule has 5 nitrogen and oxygen atoms in total. The van der Waals surface area contributed by atoms with Gasteiger partial charge in [0.25, 0.3) is 5.91 Å². The SMILES string of the molecule is COCCNC(=O)c1cn2c3c(cccc3c1=O)C[C@@H]2C. The van der Waals surface area contributed by atoms with Crippen molar-refractivity contribution in [2.24, 2.45) is 0 Å². The molecule has 0 saturated heterocycles. The fraction of sp³-hybridized carbons (Fsp3) is 0.375. The van der Waals surface area contributed by atoms with Crippen LogP contribution in [0.4, 0.5) is 0 Å². The fourth-order valence-electron chi connectivity index (χ4n) is 2.94. The predicted molar refractivity (Wildman–Crippen MR) is 80.8 cm³/mol. The summed E-state index contributed by atoms with van der Waals surface area (Å²) in [6.07, 6.45) is 2.58. The van der Waals surface area contributed by atoms with E-state index in [1.807, 2.05) is 16.7 Å². The van der Waals surface area contributed by atoms with Crippen LogP contribution in [0.3, 0.4) is 0 Å². The molecule has 1 aromatic carbocycles. The highest BCUT2D eigenvalue weighted by atomic mass is 16.5. The lowest BCUT2D eigenvalue weighted by Gasteiger charge is -2.12. The number of carbonyl (C=O) groups excluding carboxylic acids is 1. The minimum Gasteiger partial charge on any atom is -0.383 e. The molecule has 0 radical (unpaired) electrons. The number of nitrogens with one attached hydrogen (secondary N) is 1. The summed E-state index contributed by atoms with van der Waals surface area (Å²) in [6, 6.07) is 5.98. The lowest BCUT2D eigenvalue weighted by Crippen LogP contribution is -2.32. The number of para-hydroxylation sites is 1. The summed E-state index contributed by atoms with van der Waals surface area (Å²) in [4.78, 5) is 24.7. The van der Waals surface area contributed by atoms with E-state index in [4.69, 9.17) is 4.74 Å². The molecule has 1 aliphatic heterocycles. The van der Waals surface area contributed by atoms with E-state index in [1.165, 1.54) is 5.56 Å². The fourth-order valence-corrected chi connectivity index (χ4v) is 2.94. The average Bonchev–Trinajstić information content (AvgIpc) is 2.79. The van der Waals surface area contributed by atoms with Gasteiger partial charge in [0.05, 0.1) is 12.1 Å². The van der Waals surface area contributed by atoms with Crippen LogP contribution >= 0.6 is 0 Å². The average molecular weight is 286 g/mol. The van der Waals surface area contributed by atoms with Crippen molar-refractivity contribution in [3.8, 4) is 0 Å². The molecule has 0 spiro atoms. The molecule has 1 aliphatic rings. The zero-order chi connectivity index (χ0) is 15.0. The van der Waals surface area contributed by atoms with Gasteiger partial charge in [-0.2, -0.15) is 0 Å². The van der Waals surface area contributed by atoms with Gasteiger partial charge in [-0.1, -0.05) is 12.1 Å². The highest BCUT2D eigenvalue weighted by molar-refractivity contribution is 5.98. The molecule has 0 saturated carbocycles. The van der Waals surface area contributed by atoms with Crippen LogP contribution in [0.15, 0.2) is 29.2 Å². The van der Waals surface area contributed by atoms with E-state index in [-0.39, 0.29) is 22.9 Å². The van der Waals surface area contributed by atoms with Crippen molar-refractivity contribution in [3.63, 3.8) is 0 Å². The van der Waals surface area contributed by atoms with Gasteiger partial charge in [-0.05, 0) is 25.0 Å². The normalized spacial score (nSPS) is 16.4. The molecule has 1 amide bonds. The number of benzene rings is 1. The molecule has 2 aromatic rings. The van der Waals surface area contributed by atoms with E-state index in [0.29, 0.717) is 18.5 Å².